The van der Waals surface area contributed by atoms with E-state index < -0.39 is 17.8 Å². The van der Waals surface area contributed by atoms with Crippen molar-refractivity contribution in [1.29, 1.82) is 0 Å². The highest BCUT2D eigenvalue weighted by Gasteiger charge is 2.35. The van der Waals surface area contributed by atoms with Crippen molar-refractivity contribution in [2.45, 2.75) is 19.6 Å². The van der Waals surface area contributed by atoms with Gasteiger partial charge in [-0.25, -0.2) is 14.2 Å². The van der Waals surface area contributed by atoms with Crippen LogP contribution in [0.3, 0.4) is 0 Å². The lowest BCUT2D eigenvalue weighted by molar-refractivity contribution is -0.138. The van der Waals surface area contributed by atoms with E-state index in [9.17, 15) is 14.0 Å². The molecular formula is C35H24BrFI2N2O4S. The predicted molar refractivity (Wildman–Crippen MR) is 198 cm³/mol. The molecule has 0 amide bonds. The molecule has 1 aliphatic rings. The standard InChI is InChI=1S/C35H24BrFI2N2O4S/c1-2-44-34(43)29-30(22-6-4-3-5-7-22)40-35-41(31(29)23-10-14-25(37)15-11-23)33(42)28(46-35)18-21-16-26(38)32(27(39)17-21)45-19-20-8-12-24(36)13-9-20/h3-18,31H,2,19H2,1H3/b28-18-/t31-/m1/s1. The number of hydrogen-bond acceptors (Lipinski definition) is 6. The molecule has 0 saturated heterocycles. The Balaban J connectivity index is 1.47. The Hall–Kier alpha value is -3.14. The summed E-state index contributed by atoms with van der Waals surface area (Å²) < 4.78 is 30.5. The zero-order chi connectivity index (χ0) is 32.4. The number of halogens is 4. The lowest BCUT2D eigenvalue weighted by Crippen LogP contribution is -2.40. The summed E-state index contributed by atoms with van der Waals surface area (Å²) in [6.07, 6.45) is 1.82. The van der Waals surface area contributed by atoms with Gasteiger partial charge in [-0.2, -0.15) is 0 Å². The first kappa shape index (κ1) is 32.8. The van der Waals surface area contributed by atoms with Gasteiger partial charge in [0.2, 0.25) is 0 Å². The van der Waals surface area contributed by atoms with Gasteiger partial charge in [0.05, 0.1) is 35.6 Å². The number of thiazole rings is 1. The number of aromatic nitrogens is 1. The molecule has 4 aromatic carbocycles. The molecule has 232 valence electrons. The van der Waals surface area contributed by atoms with Crippen LogP contribution in [0.4, 0.5) is 4.39 Å². The van der Waals surface area contributed by atoms with Crippen LogP contribution in [-0.4, -0.2) is 17.1 Å². The number of hydrogen-bond donors (Lipinski definition) is 0. The van der Waals surface area contributed by atoms with Gasteiger partial charge in [0.1, 0.15) is 18.2 Å². The summed E-state index contributed by atoms with van der Waals surface area (Å²) in [6, 6.07) is 26.2. The van der Waals surface area contributed by atoms with Gasteiger partial charge >= 0.3 is 5.97 Å². The van der Waals surface area contributed by atoms with Crippen LogP contribution < -0.4 is 19.6 Å². The summed E-state index contributed by atoms with van der Waals surface area (Å²) in [4.78, 5) is 33.0. The first-order chi connectivity index (χ1) is 22.2. The molecule has 0 fully saturated rings. The summed E-state index contributed by atoms with van der Waals surface area (Å²) in [5.74, 6) is -0.239. The highest BCUT2D eigenvalue weighted by atomic mass is 127. The number of carbonyl (C=O) groups is 1. The van der Waals surface area contributed by atoms with E-state index >= 15 is 0 Å². The van der Waals surface area contributed by atoms with Gasteiger partial charge in [-0.3, -0.25) is 9.36 Å². The minimum atomic E-state index is -0.872. The van der Waals surface area contributed by atoms with E-state index in [-0.39, 0.29) is 17.7 Å². The number of nitrogens with zero attached hydrogens (tertiary/aromatic N) is 2. The quantitative estimate of drug-likeness (QED) is 0.119. The van der Waals surface area contributed by atoms with Crippen molar-refractivity contribution in [2.75, 3.05) is 6.61 Å². The molecule has 6 rings (SSSR count). The molecule has 1 aromatic heterocycles. The third kappa shape index (κ3) is 6.92. The van der Waals surface area contributed by atoms with Crippen LogP contribution in [-0.2, 0) is 16.1 Å². The van der Waals surface area contributed by atoms with Crippen molar-refractivity contribution in [1.82, 2.24) is 4.57 Å². The highest BCUT2D eigenvalue weighted by molar-refractivity contribution is 14.1. The Morgan fingerprint density at radius 3 is 2.35 bits per heavy atom. The van der Waals surface area contributed by atoms with Gasteiger partial charge in [0, 0.05) is 10.0 Å². The minimum absolute atomic E-state index is 0.144. The fourth-order valence-corrected chi connectivity index (χ4v) is 8.48. The average molecular weight is 921 g/mol. The molecule has 46 heavy (non-hydrogen) atoms. The number of ether oxygens (including phenoxy) is 2. The van der Waals surface area contributed by atoms with E-state index in [2.05, 4.69) is 61.1 Å². The van der Waals surface area contributed by atoms with Crippen LogP contribution in [0.2, 0.25) is 0 Å². The van der Waals surface area contributed by atoms with Crippen LogP contribution in [0.1, 0.15) is 35.2 Å². The van der Waals surface area contributed by atoms with Crippen molar-refractivity contribution < 1.29 is 18.7 Å². The molecule has 0 N–H and O–H groups in total. The molecule has 2 heterocycles. The van der Waals surface area contributed by atoms with E-state index in [1.54, 1.807) is 19.1 Å². The van der Waals surface area contributed by atoms with Crippen LogP contribution in [0.5, 0.6) is 5.75 Å². The van der Waals surface area contributed by atoms with Crippen molar-refractivity contribution in [2.24, 2.45) is 4.99 Å². The van der Waals surface area contributed by atoms with Gasteiger partial charge < -0.3 is 9.47 Å². The monoisotopic (exact) mass is 920 g/mol. The SMILES string of the molecule is CCOC(=O)C1=C(c2ccccc2)N=c2s/c(=C\c3cc(I)c(OCc4ccc(Br)cc4)c(I)c3)c(=O)n2[C@@H]1c1ccc(F)cc1. The summed E-state index contributed by atoms with van der Waals surface area (Å²) in [5.41, 5.74) is 3.46. The minimum Gasteiger partial charge on any atom is -0.487 e. The van der Waals surface area contributed by atoms with Crippen molar-refractivity contribution in [3.63, 3.8) is 0 Å². The van der Waals surface area contributed by atoms with Gasteiger partial charge in [0.25, 0.3) is 5.56 Å². The highest BCUT2D eigenvalue weighted by Crippen LogP contribution is 2.35. The fraction of sp³-hybridized carbons (Fsp3) is 0.114. The maximum Gasteiger partial charge on any atom is 0.338 e. The van der Waals surface area contributed by atoms with E-state index in [0.29, 0.717) is 32.8 Å². The Bertz CT molecular complexity index is 2130. The average Bonchev–Trinajstić information content (AvgIpc) is 3.35. The molecule has 0 saturated carbocycles. The number of fused-ring (bicyclic) bond motifs is 1. The predicted octanol–water partition coefficient (Wildman–Crippen LogP) is 7.63. The second-order valence-electron chi connectivity index (χ2n) is 10.2. The summed E-state index contributed by atoms with van der Waals surface area (Å²) >= 11 is 9.18. The van der Waals surface area contributed by atoms with Crippen LogP contribution in [0, 0.1) is 13.0 Å². The number of benzene rings is 4. The number of carbonyl (C=O) groups excluding carboxylic acids is 1. The Morgan fingerprint density at radius 1 is 1.02 bits per heavy atom. The normalized spacial score (nSPS) is 14.5. The van der Waals surface area contributed by atoms with Gasteiger partial charge in [-0.05, 0) is 111 Å². The van der Waals surface area contributed by atoms with Crippen molar-refractivity contribution in [3.8, 4) is 5.75 Å². The Labute approximate surface area is 303 Å². The second-order valence-corrected chi connectivity index (χ2v) is 14.5. The molecule has 0 aliphatic carbocycles. The van der Waals surface area contributed by atoms with Crippen LogP contribution in [0.25, 0.3) is 11.8 Å². The molecule has 1 aliphatic heterocycles. The molecule has 1 atom stereocenters. The zero-order valence-corrected chi connectivity index (χ0v) is 30.9. The fourth-order valence-electron chi connectivity index (χ4n) is 5.09. The smallest absolute Gasteiger partial charge is 0.338 e. The zero-order valence-electron chi connectivity index (χ0n) is 24.2. The second kappa shape index (κ2) is 14.3. The molecule has 0 unspecified atom stereocenters. The topological polar surface area (TPSA) is 69.9 Å². The van der Waals surface area contributed by atoms with Crippen molar-refractivity contribution in [3.05, 3.63) is 156 Å². The number of rotatable bonds is 8. The third-order valence-electron chi connectivity index (χ3n) is 7.17. The lowest BCUT2D eigenvalue weighted by Gasteiger charge is -2.25. The molecule has 0 bridgehead atoms. The molecule has 0 radical (unpaired) electrons. The van der Waals surface area contributed by atoms with Gasteiger partial charge in [0.15, 0.2) is 4.80 Å². The van der Waals surface area contributed by atoms with Crippen LogP contribution >= 0.6 is 72.4 Å². The summed E-state index contributed by atoms with van der Waals surface area (Å²) in [7, 11) is 0. The maximum absolute atomic E-state index is 14.2. The van der Waals surface area contributed by atoms with E-state index in [4.69, 9.17) is 14.5 Å². The largest absolute Gasteiger partial charge is 0.487 e. The van der Waals surface area contributed by atoms with Gasteiger partial charge in [-0.15, -0.1) is 0 Å². The third-order valence-corrected chi connectivity index (χ3v) is 10.3. The molecular weight excluding hydrogens is 897 g/mol. The first-order valence-electron chi connectivity index (χ1n) is 14.1. The van der Waals surface area contributed by atoms with Crippen LogP contribution in [0.15, 0.2) is 111 Å². The van der Waals surface area contributed by atoms with Crippen molar-refractivity contribution >= 4 is 90.2 Å². The molecule has 6 nitrogen and oxygen atoms in total. The molecule has 0 spiro atoms. The summed E-state index contributed by atoms with van der Waals surface area (Å²) in [5, 5.41) is 0. The van der Waals surface area contributed by atoms with E-state index in [1.165, 1.54) is 28.0 Å². The maximum atomic E-state index is 14.2. The molecule has 5 aromatic rings. The van der Waals surface area contributed by atoms with Gasteiger partial charge in [-0.1, -0.05) is 81.9 Å². The van der Waals surface area contributed by atoms with E-state index in [0.717, 1.165) is 28.5 Å². The van der Waals surface area contributed by atoms with E-state index in [1.807, 2.05) is 72.8 Å². The summed E-state index contributed by atoms with van der Waals surface area (Å²) in [6.45, 7) is 2.29. The number of esters is 1. The Kier molecular flexibility index (Phi) is 10.2. The lowest BCUT2D eigenvalue weighted by atomic mass is 9.93. The Morgan fingerprint density at radius 2 is 1.70 bits per heavy atom. The first-order valence-corrected chi connectivity index (χ1v) is 17.9. The molecule has 11 heteroatoms.